The van der Waals surface area contributed by atoms with Crippen LogP contribution in [0.4, 0.5) is 5.69 Å². The number of sulfonamides is 1. The first-order chi connectivity index (χ1) is 14.3. The summed E-state index contributed by atoms with van der Waals surface area (Å²) in [4.78, 5) is 13.9. The number of piperidine rings is 1. The van der Waals surface area contributed by atoms with Crippen LogP contribution in [0.3, 0.4) is 0 Å². The highest BCUT2D eigenvalue weighted by molar-refractivity contribution is 7.94. The van der Waals surface area contributed by atoms with E-state index in [2.05, 4.69) is 29.1 Å². The Bertz CT molecular complexity index is 1040. The summed E-state index contributed by atoms with van der Waals surface area (Å²) in [5.41, 5.74) is 3.84. The van der Waals surface area contributed by atoms with Crippen molar-refractivity contribution in [3.8, 4) is 0 Å². The molecule has 3 rings (SSSR count). The number of benzene rings is 2. The molecule has 30 heavy (non-hydrogen) atoms. The summed E-state index contributed by atoms with van der Waals surface area (Å²) in [5, 5.41) is 4.47. The molecule has 160 valence electrons. The number of halogens is 1. The number of nitrogens with zero attached hydrogens (tertiary/aromatic N) is 2. The lowest BCUT2D eigenvalue weighted by molar-refractivity contribution is -0.922. The summed E-state index contributed by atoms with van der Waals surface area (Å²) in [5.74, 6) is -0.462. The van der Waals surface area contributed by atoms with Gasteiger partial charge in [0.15, 0.2) is 0 Å². The first-order valence-corrected chi connectivity index (χ1v) is 11.6. The molecule has 1 saturated heterocycles. The molecule has 0 aliphatic carbocycles. The number of quaternary nitrogens is 1. The average molecular weight is 449 g/mol. The molecule has 0 spiro atoms. The van der Waals surface area contributed by atoms with Crippen molar-refractivity contribution in [3.05, 3.63) is 63.8 Å². The minimum absolute atomic E-state index is 0.0865. The van der Waals surface area contributed by atoms with Crippen LogP contribution in [0.25, 0.3) is 4.72 Å². The molecule has 1 fully saturated rings. The maximum Gasteiger partial charge on any atom is 0.271 e. The number of carbonyl (C=O) groups excluding carboxylic acids is 1. The first-order valence-electron chi connectivity index (χ1n) is 9.79. The second-order valence-corrected chi connectivity index (χ2v) is 9.49. The van der Waals surface area contributed by atoms with Crippen molar-refractivity contribution in [1.82, 2.24) is 5.43 Å². The molecule has 0 radical (unpaired) electrons. The van der Waals surface area contributed by atoms with Gasteiger partial charge in [-0.05, 0) is 38.1 Å². The molecular formula is C21H25ClN4O3S. The van der Waals surface area contributed by atoms with Gasteiger partial charge in [0.2, 0.25) is 0 Å². The number of nitrogens with one attached hydrogen (secondary N) is 2. The number of hydrogen-bond donors (Lipinski definition) is 2. The van der Waals surface area contributed by atoms with E-state index in [0.29, 0.717) is 6.04 Å². The van der Waals surface area contributed by atoms with E-state index in [9.17, 15) is 13.2 Å². The predicted molar refractivity (Wildman–Crippen MR) is 118 cm³/mol. The number of rotatable bonds is 6. The third-order valence-corrected chi connectivity index (χ3v) is 6.67. The van der Waals surface area contributed by atoms with Gasteiger partial charge in [0.05, 0.1) is 24.0 Å². The van der Waals surface area contributed by atoms with Crippen molar-refractivity contribution in [2.24, 2.45) is 5.10 Å². The van der Waals surface area contributed by atoms with Crippen LogP contribution in [0.5, 0.6) is 0 Å². The third kappa shape index (κ3) is 5.59. The molecular weight excluding hydrogens is 424 g/mol. The lowest BCUT2D eigenvalue weighted by Crippen LogP contribution is -3.16. The van der Waals surface area contributed by atoms with E-state index in [1.54, 1.807) is 18.2 Å². The van der Waals surface area contributed by atoms with Gasteiger partial charge in [-0.1, -0.05) is 35.9 Å². The smallest absolute Gasteiger partial charge is 0.271 e. The molecule has 1 aliphatic heterocycles. The van der Waals surface area contributed by atoms with E-state index < -0.39 is 15.9 Å². The van der Waals surface area contributed by atoms with Crippen LogP contribution < -0.4 is 10.3 Å². The predicted octanol–water partition coefficient (Wildman–Crippen LogP) is 2.91. The molecule has 1 amide bonds. The molecule has 1 aliphatic rings. The zero-order valence-corrected chi connectivity index (χ0v) is 18.5. The van der Waals surface area contributed by atoms with Gasteiger partial charge < -0.3 is 9.62 Å². The molecule has 2 N–H and O–H groups in total. The van der Waals surface area contributed by atoms with Crippen LogP contribution in [0.15, 0.2) is 58.5 Å². The molecule has 9 heteroatoms. The standard InChI is InChI=1S/C21H24ClN4O3S/c1-15(2)26-12-10-17(11-13-26)23-24-21(27)16-6-5-7-18(14-16)30(28,29)25-20-9-4-3-8-19(20)22/h3-9,14-15H,10-13H2,1-2H3,(H,24,27)/q-1/p+1. The van der Waals surface area contributed by atoms with Crippen LogP contribution in [0.1, 0.15) is 37.0 Å². The Kier molecular flexibility index (Phi) is 7.12. The Hall–Kier alpha value is -2.42. The van der Waals surface area contributed by atoms with Crippen LogP contribution in [0, 0.1) is 0 Å². The Labute approximate surface area is 182 Å². The molecule has 7 nitrogen and oxygen atoms in total. The molecule has 0 aromatic heterocycles. The maximum absolute atomic E-state index is 12.6. The van der Waals surface area contributed by atoms with E-state index >= 15 is 0 Å². The molecule has 2 aromatic carbocycles. The molecule has 0 unspecified atom stereocenters. The molecule has 0 saturated carbocycles. The van der Waals surface area contributed by atoms with Crippen molar-refractivity contribution in [2.75, 3.05) is 13.1 Å². The van der Waals surface area contributed by atoms with Crippen LogP contribution >= 0.6 is 11.6 Å². The summed E-state index contributed by atoms with van der Waals surface area (Å²) in [6.07, 6.45) is 1.66. The Morgan fingerprint density at radius 1 is 1.13 bits per heavy atom. The van der Waals surface area contributed by atoms with Crippen molar-refractivity contribution in [2.45, 2.75) is 37.6 Å². The topological polar surface area (TPSA) is 94.1 Å². The molecule has 0 bridgehead atoms. The van der Waals surface area contributed by atoms with Gasteiger partial charge >= 0.3 is 0 Å². The fourth-order valence-electron chi connectivity index (χ4n) is 3.25. The van der Waals surface area contributed by atoms with Gasteiger partial charge in [-0.3, -0.25) is 4.79 Å². The quantitative estimate of drug-likeness (QED) is 0.665. The normalized spacial score (nSPS) is 16.9. The number of hydrazone groups is 1. The second kappa shape index (κ2) is 9.59. The van der Waals surface area contributed by atoms with Crippen molar-refractivity contribution in [1.29, 1.82) is 0 Å². The minimum Gasteiger partial charge on any atom is -0.572 e. The summed E-state index contributed by atoms with van der Waals surface area (Å²) in [7, 11) is -4.02. The maximum atomic E-state index is 12.6. The van der Waals surface area contributed by atoms with Gasteiger partial charge in [-0.2, -0.15) is 5.10 Å². The summed E-state index contributed by atoms with van der Waals surface area (Å²) >= 11 is 6.00. The van der Waals surface area contributed by atoms with E-state index in [1.165, 1.54) is 35.2 Å². The number of amides is 1. The minimum atomic E-state index is -4.02. The van der Waals surface area contributed by atoms with E-state index in [0.717, 1.165) is 31.6 Å². The van der Waals surface area contributed by atoms with Crippen LogP contribution in [-0.2, 0) is 10.0 Å². The Morgan fingerprint density at radius 3 is 2.50 bits per heavy atom. The van der Waals surface area contributed by atoms with Crippen LogP contribution in [-0.4, -0.2) is 39.2 Å². The molecule has 0 atom stereocenters. The van der Waals surface area contributed by atoms with Gasteiger partial charge in [-0.15, -0.1) is 5.69 Å². The van der Waals surface area contributed by atoms with Crippen molar-refractivity contribution >= 4 is 38.9 Å². The van der Waals surface area contributed by atoms with Crippen molar-refractivity contribution in [3.63, 3.8) is 0 Å². The van der Waals surface area contributed by atoms with E-state index in [4.69, 9.17) is 11.6 Å². The first kappa shape index (κ1) is 22.3. The third-order valence-electron chi connectivity index (χ3n) is 5.07. The van der Waals surface area contributed by atoms with E-state index in [-0.39, 0.29) is 21.2 Å². The van der Waals surface area contributed by atoms with Crippen molar-refractivity contribution < 1.29 is 18.1 Å². The van der Waals surface area contributed by atoms with Gasteiger partial charge in [0.1, 0.15) is 10.0 Å². The number of hydrogen-bond acceptors (Lipinski definition) is 4. The average Bonchev–Trinajstić information content (AvgIpc) is 2.74. The lowest BCUT2D eigenvalue weighted by Gasteiger charge is -2.27. The zero-order valence-electron chi connectivity index (χ0n) is 16.9. The number of carbonyl (C=O) groups is 1. The zero-order chi connectivity index (χ0) is 21.7. The fourth-order valence-corrected chi connectivity index (χ4v) is 4.53. The number of likely N-dealkylation sites (tertiary alicyclic amines) is 1. The summed E-state index contributed by atoms with van der Waals surface area (Å²) < 4.78 is 29.0. The monoisotopic (exact) mass is 448 g/mol. The summed E-state index contributed by atoms with van der Waals surface area (Å²) in [6, 6.07) is 12.7. The van der Waals surface area contributed by atoms with Gasteiger partial charge in [-0.25, -0.2) is 13.8 Å². The van der Waals surface area contributed by atoms with Crippen LogP contribution in [0.2, 0.25) is 5.02 Å². The lowest BCUT2D eigenvalue weighted by atomic mass is 10.1. The Balaban J connectivity index is 1.68. The molecule has 2 aromatic rings. The Morgan fingerprint density at radius 2 is 1.83 bits per heavy atom. The largest absolute Gasteiger partial charge is 0.572 e. The highest BCUT2D eigenvalue weighted by atomic mass is 35.5. The highest BCUT2D eigenvalue weighted by Gasteiger charge is 2.21. The van der Waals surface area contributed by atoms with E-state index in [1.807, 2.05) is 0 Å². The fraction of sp³-hybridized carbons (Fsp3) is 0.333. The highest BCUT2D eigenvalue weighted by Crippen LogP contribution is 2.33. The van der Waals surface area contributed by atoms with Gasteiger partial charge in [0, 0.05) is 29.1 Å². The SMILES string of the molecule is CC(C)[NH+]1CCC(=NNC(=O)c2cccc(S(=O)(=O)[N-]c3ccccc3Cl)c2)CC1. The second-order valence-electron chi connectivity index (χ2n) is 7.48. The molecule has 1 heterocycles. The van der Waals surface area contributed by atoms with Gasteiger partial charge in [0.25, 0.3) is 5.91 Å². The summed E-state index contributed by atoms with van der Waals surface area (Å²) in [6.45, 7) is 6.37.